The van der Waals surface area contributed by atoms with Gasteiger partial charge in [0, 0.05) is 23.9 Å². The molecule has 0 saturated heterocycles. The van der Waals surface area contributed by atoms with Gasteiger partial charge < -0.3 is 14.8 Å². The molecular formula is C15H14ClN5O2. The fraction of sp³-hybridized carbons (Fsp3) is 0.133. The van der Waals surface area contributed by atoms with E-state index in [-0.39, 0.29) is 5.28 Å². The van der Waals surface area contributed by atoms with E-state index in [1.54, 1.807) is 26.5 Å². The van der Waals surface area contributed by atoms with Crippen molar-refractivity contribution < 1.29 is 9.47 Å². The Hall–Kier alpha value is -2.80. The first-order valence-corrected chi connectivity index (χ1v) is 7.11. The highest BCUT2D eigenvalue weighted by molar-refractivity contribution is 6.28. The number of benzene rings is 1. The summed E-state index contributed by atoms with van der Waals surface area (Å²) in [6.07, 6.45) is 1.57. The Balaban J connectivity index is 1.87. The summed E-state index contributed by atoms with van der Waals surface area (Å²) in [5.74, 6) is 2.57. The van der Waals surface area contributed by atoms with Gasteiger partial charge in [-0.25, -0.2) is 9.97 Å². The van der Waals surface area contributed by atoms with Gasteiger partial charge in [-0.05, 0) is 29.8 Å². The van der Waals surface area contributed by atoms with E-state index in [0.717, 1.165) is 17.0 Å². The molecule has 0 saturated carbocycles. The maximum absolute atomic E-state index is 5.76. The number of aromatic nitrogens is 4. The second kappa shape index (κ2) is 6.53. The zero-order valence-corrected chi connectivity index (χ0v) is 13.3. The Morgan fingerprint density at radius 1 is 1.09 bits per heavy atom. The van der Waals surface area contributed by atoms with Gasteiger partial charge in [0.15, 0.2) is 5.82 Å². The van der Waals surface area contributed by atoms with Crippen molar-refractivity contribution in [1.82, 2.24) is 20.2 Å². The van der Waals surface area contributed by atoms with E-state index < -0.39 is 0 Å². The summed E-state index contributed by atoms with van der Waals surface area (Å²) in [5.41, 5.74) is 1.67. The van der Waals surface area contributed by atoms with E-state index in [4.69, 9.17) is 21.1 Å². The maximum atomic E-state index is 5.76. The zero-order chi connectivity index (χ0) is 16.2. The normalized spacial score (nSPS) is 10.4. The van der Waals surface area contributed by atoms with Gasteiger partial charge in [0.25, 0.3) is 0 Å². The first-order valence-electron chi connectivity index (χ1n) is 6.73. The highest BCUT2D eigenvalue weighted by Gasteiger charge is 2.11. The summed E-state index contributed by atoms with van der Waals surface area (Å²) in [6.45, 7) is 0. The minimum atomic E-state index is 0.169. The van der Waals surface area contributed by atoms with Crippen LogP contribution in [0.5, 0.6) is 11.5 Å². The lowest BCUT2D eigenvalue weighted by atomic mass is 10.1. The fourth-order valence-corrected chi connectivity index (χ4v) is 2.23. The summed E-state index contributed by atoms with van der Waals surface area (Å²) < 4.78 is 10.6. The number of nitrogens with one attached hydrogen (secondary N) is 2. The molecule has 1 aromatic carbocycles. The SMILES string of the molecule is COc1ccc(-c2cc(Nc3ccnc(Cl)n3)n[nH]2)c(OC)c1. The molecule has 2 aromatic heterocycles. The Morgan fingerprint density at radius 2 is 1.96 bits per heavy atom. The van der Waals surface area contributed by atoms with Crippen molar-refractivity contribution in [2.45, 2.75) is 0 Å². The van der Waals surface area contributed by atoms with Gasteiger partial charge in [-0.15, -0.1) is 0 Å². The van der Waals surface area contributed by atoms with E-state index in [2.05, 4.69) is 25.5 Å². The van der Waals surface area contributed by atoms with E-state index in [1.165, 1.54) is 0 Å². The van der Waals surface area contributed by atoms with Crippen molar-refractivity contribution in [2.24, 2.45) is 0 Å². The van der Waals surface area contributed by atoms with Crippen LogP contribution >= 0.6 is 11.6 Å². The van der Waals surface area contributed by atoms with Crippen LogP contribution in [0.1, 0.15) is 0 Å². The summed E-state index contributed by atoms with van der Waals surface area (Å²) in [6, 6.07) is 9.12. The molecule has 2 N–H and O–H groups in total. The fourth-order valence-electron chi connectivity index (χ4n) is 2.08. The molecule has 0 bridgehead atoms. The highest BCUT2D eigenvalue weighted by atomic mass is 35.5. The predicted octanol–water partition coefficient (Wildman–Crippen LogP) is 3.28. The van der Waals surface area contributed by atoms with Crippen LogP contribution in [-0.4, -0.2) is 34.4 Å². The number of nitrogens with zero attached hydrogens (tertiary/aromatic N) is 3. The van der Waals surface area contributed by atoms with Crippen LogP contribution in [0.15, 0.2) is 36.5 Å². The second-order valence-corrected chi connectivity index (χ2v) is 4.91. The van der Waals surface area contributed by atoms with Crippen LogP contribution in [0.2, 0.25) is 5.28 Å². The molecule has 23 heavy (non-hydrogen) atoms. The number of hydrogen-bond donors (Lipinski definition) is 2. The van der Waals surface area contributed by atoms with Gasteiger partial charge in [-0.2, -0.15) is 5.10 Å². The molecule has 118 valence electrons. The molecule has 0 aliphatic rings. The van der Waals surface area contributed by atoms with Crippen molar-refractivity contribution in [1.29, 1.82) is 0 Å². The van der Waals surface area contributed by atoms with Crippen molar-refractivity contribution in [2.75, 3.05) is 19.5 Å². The van der Waals surface area contributed by atoms with E-state index in [9.17, 15) is 0 Å². The molecule has 3 aromatic rings. The van der Waals surface area contributed by atoms with Crippen molar-refractivity contribution >= 4 is 23.2 Å². The number of anilines is 2. The third-order valence-corrected chi connectivity index (χ3v) is 3.34. The van der Waals surface area contributed by atoms with Crippen LogP contribution in [0.3, 0.4) is 0 Å². The van der Waals surface area contributed by atoms with E-state index in [0.29, 0.717) is 17.4 Å². The van der Waals surface area contributed by atoms with Crippen molar-refractivity contribution in [3.63, 3.8) is 0 Å². The smallest absolute Gasteiger partial charge is 0.224 e. The lowest BCUT2D eigenvalue weighted by Gasteiger charge is -2.08. The monoisotopic (exact) mass is 331 g/mol. The Morgan fingerprint density at radius 3 is 2.70 bits per heavy atom. The lowest BCUT2D eigenvalue weighted by Crippen LogP contribution is -1.94. The van der Waals surface area contributed by atoms with Gasteiger partial charge in [0.2, 0.25) is 5.28 Å². The highest BCUT2D eigenvalue weighted by Crippen LogP contribution is 2.33. The molecule has 0 aliphatic heterocycles. The average molecular weight is 332 g/mol. The summed E-state index contributed by atoms with van der Waals surface area (Å²) >= 11 is 5.76. The molecule has 0 spiro atoms. The molecule has 0 atom stereocenters. The van der Waals surface area contributed by atoms with Crippen molar-refractivity contribution in [3.8, 4) is 22.8 Å². The van der Waals surface area contributed by atoms with Crippen LogP contribution in [0.25, 0.3) is 11.3 Å². The molecule has 0 fully saturated rings. The number of aromatic amines is 1. The Labute approximate surface area is 137 Å². The number of H-pyrrole nitrogens is 1. The maximum Gasteiger partial charge on any atom is 0.224 e. The summed E-state index contributed by atoms with van der Waals surface area (Å²) in [4.78, 5) is 7.89. The quantitative estimate of drug-likeness (QED) is 0.698. The molecule has 0 unspecified atom stereocenters. The molecule has 8 heteroatoms. The van der Waals surface area contributed by atoms with Crippen LogP contribution < -0.4 is 14.8 Å². The largest absolute Gasteiger partial charge is 0.497 e. The van der Waals surface area contributed by atoms with Gasteiger partial charge in [-0.3, -0.25) is 5.10 Å². The molecular weight excluding hydrogens is 318 g/mol. The lowest BCUT2D eigenvalue weighted by molar-refractivity contribution is 0.395. The number of halogens is 1. The average Bonchev–Trinajstić information content (AvgIpc) is 3.02. The van der Waals surface area contributed by atoms with Gasteiger partial charge >= 0.3 is 0 Å². The topological polar surface area (TPSA) is 85.0 Å². The van der Waals surface area contributed by atoms with Gasteiger partial charge in [0.05, 0.1) is 19.9 Å². The van der Waals surface area contributed by atoms with Crippen LogP contribution in [-0.2, 0) is 0 Å². The van der Waals surface area contributed by atoms with Crippen molar-refractivity contribution in [3.05, 3.63) is 41.8 Å². The number of methoxy groups -OCH3 is 2. The molecule has 7 nitrogen and oxygen atoms in total. The van der Waals surface area contributed by atoms with E-state index in [1.807, 2.05) is 24.3 Å². The number of hydrogen-bond acceptors (Lipinski definition) is 6. The first kappa shape index (κ1) is 15.1. The molecule has 0 amide bonds. The number of rotatable bonds is 5. The zero-order valence-electron chi connectivity index (χ0n) is 12.5. The molecule has 2 heterocycles. The van der Waals surface area contributed by atoms with Crippen LogP contribution in [0.4, 0.5) is 11.6 Å². The summed E-state index contributed by atoms with van der Waals surface area (Å²) in [5, 5.41) is 10.4. The standard InChI is InChI=1S/C15H14ClN5O2/c1-22-9-3-4-10(12(7-9)23-2)11-8-14(21-20-11)18-13-5-6-17-15(16)19-13/h3-8H,1-2H3,(H2,17,18,19,20,21). The minimum Gasteiger partial charge on any atom is -0.497 e. The van der Waals surface area contributed by atoms with Crippen LogP contribution in [0, 0.1) is 0 Å². The third-order valence-electron chi connectivity index (χ3n) is 3.16. The minimum absolute atomic E-state index is 0.169. The third kappa shape index (κ3) is 3.35. The Kier molecular flexibility index (Phi) is 4.29. The van der Waals surface area contributed by atoms with Gasteiger partial charge in [-0.1, -0.05) is 0 Å². The molecule has 3 rings (SSSR count). The Bertz CT molecular complexity index is 821. The number of ether oxygens (including phenoxy) is 2. The predicted molar refractivity (Wildman–Crippen MR) is 87.5 cm³/mol. The molecule has 0 aliphatic carbocycles. The molecule has 0 radical (unpaired) electrons. The first-order chi connectivity index (χ1) is 11.2. The van der Waals surface area contributed by atoms with E-state index >= 15 is 0 Å². The van der Waals surface area contributed by atoms with Gasteiger partial charge in [0.1, 0.15) is 17.3 Å². The summed E-state index contributed by atoms with van der Waals surface area (Å²) in [7, 11) is 3.22. The second-order valence-electron chi connectivity index (χ2n) is 4.57.